The molecule has 2 heterocycles. The molecule has 2 aliphatic heterocycles. The van der Waals surface area contributed by atoms with Crippen molar-refractivity contribution < 1.29 is 4.79 Å². The molecule has 3 aromatic carbocycles. The number of fused-ring (bicyclic) bond motifs is 1. The molecule has 6 heteroatoms. The fraction of sp³-hybridized carbons (Fsp3) is 0.200. The van der Waals surface area contributed by atoms with Crippen LogP contribution < -0.4 is 15.4 Å². The Bertz CT molecular complexity index is 1160. The van der Waals surface area contributed by atoms with Crippen LogP contribution in [0.3, 0.4) is 0 Å². The minimum atomic E-state index is -0.177. The van der Waals surface area contributed by atoms with Crippen molar-refractivity contribution in [1.82, 2.24) is 5.43 Å². The molecule has 2 aliphatic rings. The standard InChI is InChI=1S/C25H23ClN4O/c1-17-10-12-19(13-11-17)24-16-21(27-30(24)23-9-5-3-7-20(23)26)25(31)28-29-15-14-18-6-2-4-8-22(18)29/h2-13,24H,14-16H2,1H3,(H,28,31). The first-order chi connectivity index (χ1) is 15.1. The molecule has 156 valence electrons. The highest BCUT2D eigenvalue weighted by molar-refractivity contribution is 6.40. The van der Waals surface area contributed by atoms with Crippen LogP contribution in [0, 0.1) is 6.92 Å². The molecule has 5 nitrogen and oxygen atoms in total. The number of nitrogens with one attached hydrogen (secondary N) is 1. The number of carbonyl (C=O) groups is 1. The Morgan fingerprint density at radius 2 is 1.71 bits per heavy atom. The first-order valence-corrected chi connectivity index (χ1v) is 10.8. The summed E-state index contributed by atoms with van der Waals surface area (Å²) in [7, 11) is 0. The number of hydrazone groups is 1. The van der Waals surface area contributed by atoms with E-state index in [4.69, 9.17) is 16.7 Å². The summed E-state index contributed by atoms with van der Waals surface area (Å²) in [6.07, 6.45) is 1.43. The third-order valence-corrected chi connectivity index (χ3v) is 6.18. The molecule has 0 aromatic heterocycles. The van der Waals surface area contributed by atoms with Crippen molar-refractivity contribution in [2.45, 2.75) is 25.8 Å². The van der Waals surface area contributed by atoms with E-state index in [1.54, 1.807) is 0 Å². The number of benzene rings is 3. The first-order valence-electron chi connectivity index (χ1n) is 10.4. The molecule has 0 fully saturated rings. The van der Waals surface area contributed by atoms with Crippen LogP contribution in [0.1, 0.15) is 29.2 Å². The summed E-state index contributed by atoms with van der Waals surface area (Å²) in [5, 5.41) is 9.12. The van der Waals surface area contributed by atoms with Crippen LogP contribution in [0.4, 0.5) is 11.4 Å². The number of hydrogen-bond donors (Lipinski definition) is 1. The van der Waals surface area contributed by atoms with Gasteiger partial charge in [-0.25, -0.2) is 0 Å². The van der Waals surface area contributed by atoms with Gasteiger partial charge in [-0.1, -0.05) is 71.8 Å². The number of hydrogen-bond acceptors (Lipinski definition) is 4. The Labute approximate surface area is 186 Å². The van der Waals surface area contributed by atoms with E-state index in [-0.39, 0.29) is 11.9 Å². The lowest BCUT2D eigenvalue weighted by Gasteiger charge is -2.24. The topological polar surface area (TPSA) is 47.9 Å². The van der Waals surface area contributed by atoms with Gasteiger partial charge in [0.25, 0.3) is 5.91 Å². The van der Waals surface area contributed by atoms with E-state index < -0.39 is 0 Å². The number of halogens is 1. The van der Waals surface area contributed by atoms with Crippen LogP contribution in [0.25, 0.3) is 0 Å². The zero-order valence-corrected chi connectivity index (χ0v) is 18.0. The highest BCUT2D eigenvalue weighted by Crippen LogP contribution is 2.38. The van der Waals surface area contributed by atoms with Gasteiger partial charge in [0.2, 0.25) is 0 Å². The Morgan fingerprint density at radius 3 is 2.48 bits per heavy atom. The predicted molar refractivity (Wildman–Crippen MR) is 126 cm³/mol. The number of aryl methyl sites for hydroxylation is 1. The summed E-state index contributed by atoms with van der Waals surface area (Å²) in [5.74, 6) is -0.177. The number of rotatable bonds is 4. The second kappa shape index (κ2) is 8.08. The average Bonchev–Trinajstić information content (AvgIpc) is 3.40. The van der Waals surface area contributed by atoms with E-state index in [2.05, 4.69) is 42.7 Å². The summed E-state index contributed by atoms with van der Waals surface area (Å²) in [4.78, 5) is 13.2. The van der Waals surface area contributed by atoms with Gasteiger partial charge in [0.05, 0.1) is 22.4 Å². The van der Waals surface area contributed by atoms with Gasteiger partial charge >= 0.3 is 0 Å². The van der Waals surface area contributed by atoms with Crippen LogP contribution >= 0.6 is 11.6 Å². The Morgan fingerprint density at radius 1 is 1.00 bits per heavy atom. The third kappa shape index (κ3) is 3.77. The molecule has 31 heavy (non-hydrogen) atoms. The molecular formula is C25H23ClN4O. The number of anilines is 2. The van der Waals surface area contributed by atoms with Gasteiger partial charge in [-0.15, -0.1) is 0 Å². The van der Waals surface area contributed by atoms with Gasteiger partial charge in [-0.2, -0.15) is 5.10 Å². The largest absolute Gasteiger partial charge is 0.286 e. The van der Waals surface area contributed by atoms with E-state index in [1.807, 2.05) is 52.5 Å². The normalized spacial score (nSPS) is 17.5. The lowest BCUT2D eigenvalue weighted by molar-refractivity contribution is -0.115. The van der Waals surface area contributed by atoms with E-state index in [0.717, 1.165) is 29.9 Å². The number of nitrogens with zero attached hydrogens (tertiary/aromatic N) is 3. The van der Waals surface area contributed by atoms with Gasteiger partial charge in [0.15, 0.2) is 0 Å². The van der Waals surface area contributed by atoms with Crippen LogP contribution in [0.5, 0.6) is 0 Å². The molecular weight excluding hydrogens is 408 g/mol. The summed E-state index contributed by atoms with van der Waals surface area (Å²) in [6, 6.07) is 24.0. The van der Waals surface area contributed by atoms with Crippen LogP contribution in [0.15, 0.2) is 77.9 Å². The molecule has 0 aliphatic carbocycles. The van der Waals surface area contributed by atoms with Crippen LogP contribution in [-0.4, -0.2) is 18.2 Å². The molecule has 0 bridgehead atoms. The summed E-state index contributed by atoms with van der Waals surface area (Å²) in [5.41, 5.74) is 8.92. The highest BCUT2D eigenvalue weighted by Gasteiger charge is 2.34. The molecule has 0 spiro atoms. The zero-order chi connectivity index (χ0) is 21.4. The Balaban J connectivity index is 1.43. The average molecular weight is 431 g/mol. The number of carbonyl (C=O) groups excluding carboxylic acids is 1. The maximum Gasteiger partial charge on any atom is 0.286 e. The fourth-order valence-electron chi connectivity index (χ4n) is 4.20. The maximum absolute atomic E-state index is 13.2. The van der Waals surface area contributed by atoms with Crippen molar-refractivity contribution in [3.8, 4) is 0 Å². The monoisotopic (exact) mass is 430 g/mol. The lowest BCUT2D eigenvalue weighted by Crippen LogP contribution is -2.44. The van der Waals surface area contributed by atoms with Gasteiger partial charge in [0, 0.05) is 13.0 Å². The molecule has 1 atom stereocenters. The van der Waals surface area contributed by atoms with Crippen molar-refractivity contribution in [3.05, 3.63) is 94.5 Å². The maximum atomic E-state index is 13.2. The molecule has 1 N–H and O–H groups in total. The SMILES string of the molecule is Cc1ccc(C2CC(C(=O)NN3CCc4ccccc43)=NN2c2ccccc2Cl)cc1. The molecule has 1 unspecified atom stereocenters. The zero-order valence-electron chi connectivity index (χ0n) is 17.3. The van der Waals surface area contributed by atoms with Crippen molar-refractivity contribution in [2.24, 2.45) is 5.10 Å². The number of para-hydroxylation sites is 2. The predicted octanol–water partition coefficient (Wildman–Crippen LogP) is 5.05. The highest BCUT2D eigenvalue weighted by atomic mass is 35.5. The van der Waals surface area contributed by atoms with Gasteiger partial charge in [-0.3, -0.25) is 20.2 Å². The third-order valence-electron chi connectivity index (χ3n) is 5.86. The van der Waals surface area contributed by atoms with Crippen LogP contribution in [0.2, 0.25) is 5.02 Å². The molecule has 0 saturated carbocycles. The first kappa shape index (κ1) is 19.6. The van der Waals surface area contributed by atoms with Crippen molar-refractivity contribution in [3.63, 3.8) is 0 Å². The molecule has 3 aromatic rings. The summed E-state index contributed by atoms with van der Waals surface area (Å²) < 4.78 is 0. The second-order valence-corrected chi connectivity index (χ2v) is 8.35. The van der Waals surface area contributed by atoms with E-state index >= 15 is 0 Å². The van der Waals surface area contributed by atoms with Crippen molar-refractivity contribution in [1.29, 1.82) is 0 Å². The molecule has 0 saturated heterocycles. The van der Waals surface area contributed by atoms with Crippen LogP contribution in [-0.2, 0) is 11.2 Å². The lowest BCUT2D eigenvalue weighted by atomic mass is 10.00. The minimum absolute atomic E-state index is 0.0906. The number of hydrazine groups is 1. The van der Waals surface area contributed by atoms with E-state index in [0.29, 0.717) is 17.2 Å². The van der Waals surface area contributed by atoms with Gasteiger partial charge in [-0.05, 0) is 42.7 Å². The minimum Gasteiger partial charge on any atom is -0.285 e. The van der Waals surface area contributed by atoms with Gasteiger partial charge in [0.1, 0.15) is 5.71 Å². The second-order valence-electron chi connectivity index (χ2n) is 7.94. The number of amides is 1. The van der Waals surface area contributed by atoms with Crippen molar-refractivity contribution in [2.75, 3.05) is 16.6 Å². The smallest absolute Gasteiger partial charge is 0.285 e. The Hall–Kier alpha value is -3.31. The summed E-state index contributed by atoms with van der Waals surface area (Å²) in [6.45, 7) is 2.82. The Kier molecular flexibility index (Phi) is 5.12. The van der Waals surface area contributed by atoms with E-state index in [9.17, 15) is 4.79 Å². The molecule has 0 radical (unpaired) electrons. The molecule has 1 amide bonds. The summed E-state index contributed by atoms with van der Waals surface area (Å²) >= 11 is 6.48. The van der Waals surface area contributed by atoms with Gasteiger partial charge < -0.3 is 0 Å². The fourth-order valence-corrected chi connectivity index (χ4v) is 4.42. The van der Waals surface area contributed by atoms with Crippen molar-refractivity contribution >= 4 is 34.6 Å². The quantitative estimate of drug-likeness (QED) is 0.630. The van der Waals surface area contributed by atoms with E-state index in [1.165, 1.54) is 11.1 Å². The molecule has 5 rings (SSSR count).